The molecule has 2 aromatic carbocycles. The first kappa shape index (κ1) is 20.9. The van der Waals surface area contributed by atoms with E-state index in [9.17, 15) is 19.2 Å². The summed E-state index contributed by atoms with van der Waals surface area (Å²) in [4.78, 5) is 24.5. The van der Waals surface area contributed by atoms with Crippen LogP contribution >= 0.6 is 23.4 Å². The maximum atomic E-state index is 13.2. The predicted octanol–water partition coefficient (Wildman–Crippen LogP) is 4.50. The number of nitriles is 1. The van der Waals surface area contributed by atoms with E-state index in [1.807, 2.05) is 6.92 Å². The number of rotatable bonds is 5. The van der Waals surface area contributed by atoms with Crippen molar-refractivity contribution in [3.63, 3.8) is 0 Å². The topological polar surface area (TPSA) is 82.0 Å². The van der Waals surface area contributed by atoms with Gasteiger partial charge in [0.15, 0.2) is 0 Å². The van der Waals surface area contributed by atoms with Gasteiger partial charge >= 0.3 is 0 Å². The first-order chi connectivity index (χ1) is 13.9. The van der Waals surface area contributed by atoms with Crippen molar-refractivity contribution < 1.29 is 14.0 Å². The van der Waals surface area contributed by atoms with Crippen LogP contribution in [0.3, 0.4) is 0 Å². The second-order valence-corrected chi connectivity index (χ2v) is 7.93. The average molecular weight is 430 g/mol. The molecule has 5 nitrogen and oxygen atoms in total. The molecule has 148 valence electrons. The number of allylic oxidation sites excluding steroid dienone is 1. The van der Waals surface area contributed by atoms with Gasteiger partial charge in [0.2, 0.25) is 11.8 Å². The summed E-state index contributed by atoms with van der Waals surface area (Å²) >= 11 is 7.04. The molecule has 0 saturated heterocycles. The zero-order chi connectivity index (χ0) is 21.0. The van der Waals surface area contributed by atoms with Crippen molar-refractivity contribution in [2.45, 2.75) is 19.3 Å². The SMILES string of the molecule is Cc1ccc(Cl)cc1NC(=O)CSC1=C(C#N)[C@@H](c2ccc(F)cc2)CC(=O)N1. The zero-order valence-electron chi connectivity index (χ0n) is 15.5. The van der Waals surface area contributed by atoms with Crippen LogP contribution in [-0.4, -0.2) is 17.6 Å². The van der Waals surface area contributed by atoms with E-state index < -0.39 is 5.92 Å². The van der Waals surface area contributed by atoms with Crippen LogP contribution in [0.25, 0.3) is 0 Å². The van der Waals surface area contributed by atoms with E-state index in [0.717, 1.165) is 17.3 Å². The zero-order valence-corrected chi connectivity index (χ0v) is 17.0. The molecular weight excluding hydrogens is 413 g/mol. The highest BCUT2D eigenvalue weighted by Gasteiger charge is 2.29. The molecule has 0 radical (unpaired) electrons. The van der Waals surface area contributed by atoms with Crippen LogP contribution < -0.4 is 10.6 Å². The summed E-state index contributed by atoms with van der Waals surface area (Å²) in [6.07, 6.45) is 0.0898. The standard InChI is InChI=1S/C21H17ClFN3O2S/c1-12-2-5-14(22)8-18(12)25-20(28)11-29-21-17(10-24)16(9-19(27)26-21)13-3-6-15(23)7-4-13/h2-8,16H,9,11H2,1H3,(H,25,28)(H,26,27)/t16-/m1/s1. The molecule has 0 aromatic heterocycles. The van der Waals surface area contributed by atoms with Crippen molar-refractivity contribution >= 4 is 40.9 Å². The third kappa shape index (κ3) is 5.17. The molecule has 2 amide bonds. The summed E-state index contributed by atoms with van der Waals surface area (Å²) in [6.45, 7) is 1.85. The van der Waals surface area contributed by atoms with Crippen molar-refractivity contribution in [1.29, 1.82) is 5.26 Å². The Kier molecular flexibility index (Phi) is 6.57. The average Bonchev–Trinajstić information content (AvgIpc) is 2.69. The molecule has 0 unspecified atom stereocenters. The molecule has 1 aliphatic heterocycles. The molecule has 0 spiro atoms. The molecule has 8 heteroatoms. The van der Waals surface area contributed by atoms with Gasteiger partial charge in [-0.05, 0) is 42.3 Å². The third-order valence-electron chi connectivity index (χ3n) is 4.45. The molecule has 0 fully saturated rings. The van der Waals surface area contributed by atoms with E-state index in [4.69, 9.17) is 11.6 Å². The molecule has 0 bridgehead atoms. The van der Waals surface area contributed by atoms with Crippen molar-refractivity contribution in [3.8, 4) is 6.07 Å². The van der Waals surface area contributed by atoms with Gasteiger partial charge in [0.05, 0.1) is 22.4 Å². The smallest absolute Gasteiger partial charge is 0.234 e. The second kappa shape index (κ2) is 9.12. The van der Waals surface area contributed by atoms with Gasteiger partial charge < -0.3 is 10.6 Å². The molecule has 2 N–H and O–H groups in total. The fourth-order valence-electron chi connectivity index (χ4n) is 2.97. The molecule has 29 heavy (non-hydrogen) atoms. The van der Waals surface area contributed by atoms with Gasteiger partial charge in [-0.3, -0.25) is 9.59 Å². The molecule has 0 aliphatic carbocycles. The number of amides is 2. The van der Waals surface area contributed by atoms with E-state index in [2.05, 4.69) is 16.7 Å². The number of thioether (sulfide) groups is 1. The molecule has 2 aromatic rings. The minimum absolute atomic E-state index is 0.00286. The fraction of sp³-hybridized carbons (Fsp3) is 0.190. The minimum Gasteiger partial charge on any atom is -0.325 e. The maximum absolute atomic E-state index is 13.2. The van der Waals surface area contributed by atoms with Crippen LogP contribution in [-0.2, 0) is 9.59 Å². The van der Waals surface area contributed by atoms with E-state index in [1.54, 1.807) is 30.3 Å². The predicted molar refractivity (Wildman–Crippen MR) is 112 cm³/mol. The summed E-state index contributed by atoms with van der Waals surface area (Å²) in [5, 5.41) is 15.9. The first-order valence-electron chi connectivity index (χ1n) is 8.75. The number of aryl methyl sites for hydroxylation is 1. The lowest BCUT2D eigenvalue weighted by molar-refractivity contribution is -0.121. The van der Waals surface area contributed by atoms with Gasteiger partial charge in [0.1, 0.15) is 5.82 Å². The summed E-state index contributed by atoms with van der Waals surface area (Å²) in [5.41, 5.74) is 2.50. The highest BCUT2D eigenvalue weighted by atomic mass is 35.5. The highest BCUT2D eigenvalue weighted by molar-refractivity contribution is 8.03. The largest absolute Gasteiger partial charge is 0.325 e. The summed E-state index contributed by atoms with van der Waals surface area (Å²) in [6, 6.07) is 13.0. The van der Waals surface area contributed by atoms with Crippen LogP contribution in [0.2, 0.25) is 5.02 Å². The molecule has 1 aliphatic rings. The first-order valence-corrected chi connectivity index (χ1v) is 10.1. The van der Waals surface area contributed by atoms with Crippen LogP contribution in [0.4, 0.5) is 10.1 Å². The number of carbonyl (C=O) groups is 2. The van der Waals surface area contributed by atoms with E-state index in [1.165, 1.54) is 12.1 Å². The van der Waals surface area contributed by atoms with Gasteiger partial charge in [-0.15, -0.1) is 0 Å². The van der Waals surface area contributed by atoms with Crippen molar-refractivity contribution in [2.75, 3.05) is 11.1 Å². The summed E-state index contributed by atoms with van der Waals surface area (Å²) in [7, 11) is 0. The quantitative estimate of drug-likeness (QED) is 0.733. The van der Waals surface area contributed by atoms with E-state index >= 15 is 0 Å². The summed E-state index contributed by atoms with van der Waals surface area (Å²) in [5.74, 6) is -1.41. The number of benzene rings is 2. The van der Waals surface area contributed by atoms with Gasteiger partial charge in [0.25, 0.3) is 0 Å². The number of carbonyl (C=O) groups excluding carboxylic acids is 2. The van der Waals surface area contributed by atoms with Gasteiger partial charge in [-0.2, -0.15) is 5.26 Å². The lowest BCUT2D eigenvalue weighted by Gasteiger charge is -2.25. The number of hydrogen-bond acceptors (Lipinski definition) is 4. The van der Waals surface area contributed by atoms with Crippen LogP contribution in [0, 0.1) is 24.1 Å². The lowest BCUT2D eigenvalue weighted by atomic mass is 9.87. The number of anilines is 1. The molecule has 1 heterocycles. The van der Waals surface area contributed by atoms with Gasteiger partial charge in [-0.1, -0.05) is 41.6 Å². The van der Waals surface area contributed by atoms with Crippen molar-refractivity contribution in [3.05, 3.63) is 75.0 Å². The molecule has 0 saturated carbocycles. The Morgan fingerprint density at radius 2 is 2.07 bits per heavy atom. The van der Waals surface area contributed by atoms with Gasteiger partial charge in [-0.25, -0.2) is 4.39 Å². The van der Waals surface area contributed by atoms with Crippen LogP contribution in [0.15, 0.2) is 53.1 Å². The molecule has 3 rings (SSSR count). The molecule has 1 atom stereocenters. The Balaban J connectivity index is 1.76. The number of nitrogens with one attached hydrogen (secondary N) is 2. The summed E-state index contributed by atoms with van der Waals surface area (Å²) < 4.78 is 13.2. The Bertz CT molecular complexity index is 1030. The Labute approximate surface area is 176 Å². The maximum Gasteiger partial charge on any atom is 0.234 e. The Morgan fingerprint density at radius 1 is 1.34 bits per heavy atom. The van der Waals surface area contributed by atoms with E-state index in [0.29, 0.717) is 26.9 Å². The highest BCUT2D eigenvalue weighted by Crippen LogP contribution is 2.36. The van der Waals surface area contributed by atoms with Gasteiger partial charge in [0, 0.05) is 23.0 Å². The number of hydrogen-bond donors (Lipinski definition) is 2. The fourth-order valence-corrected chi connectivity index (χ4v) is 4.01. The minimum atomic E-state index is -0.477. The molecular formula is C21H17ClFN3O2S. The van der Waals surface area contributed by atoms with E-state index in [-0.39, 0.29) is 29.8 Å². The third-order valence-corrected chi connectivity index (χ3v) is 5.70. The van der Waals surface area contributed by atoms with Crippen LogP contribution in [0.5, 0.6) is 0 Å². The number of nitrogens with zero attached hydrogens (tertiary/aromatic N) is 1. The second-order valence-electron chi connectivity index (χ2n) is 6.51. The normalized spacial score (nSPS) is 16.2. The number of halogens is 2. The van der Waals surface area contributed by atoms with Crippen molar-refractivity contribution in [1.82, 2.24) is 5.32 Å². The monoisotopic (exact) mass is 429 g/mol. The Hall–Kier alpha value is -2.82. The van der Waals surface area contributed by atoms with Crippen LogP contribution in [0.1, 0.15) is 23.5 Å². The lowest BCUT2D eigenvalue weighted by Crippen LogP contribution is -2.31. The van der Waals surface area contributed by atoms with Crippen molar-refractivity contribution in [2.24, 2.45) is 0 Å². The Morgan fingerprint density at radius 3 is 2.76 bits per heavy atom.